The number of allylic oxidation sites excluding steroid dienone is 1. The first-order chi connectivity index (χ1) is 6.66. The average molecular weight is 225 g/mol. The third kappa shape index (κ3) is 4.48. The highest BCUT2D eigenvalue weighted by Gasteiger charge is 2.36. The van der Waals surface area contributed by atoms with Crippen molar-refractivity contribution in [2.75, 3.05) is 7.05 Å². The maximum absolute atomic E-state index is 11.7. The number of halogens is 3. The van der Waals surface area contributed by atoms with Crippen LogP contribution in [0.4, 0.5) is 13.2 Å². The van der Waals surface area contributed by atoms with Crippen molar-refractivity contribution in [3.63, 3.8) is 0 Å². The molecule has 0 rings (SSSR count). The van der Waals surface area contributed by atoms with E-state index in [-0.39, 0.29) is 0 Å². The molecule has 0 fully saturated rings. The lowest BCUT2D eigenvalue weighted by Crippen LogP contribution is -2.32. The number of carbonyl (C=O) groups excluding carboxylic acids is 1. The van der Waals surface area contributed by atoms with Crippen LogP contribution in [0.25, 0.3) is 0 Å². The maximum atomic E-state index is 11.7. The first kappa shape index (κ1) is 13.5. The lowest BCUT2D eigenvalue weighted by molar-refractivity contribution is -0.165. The molecule has 0 heterocycles. The van der Waals surface area contributed by atoms with Gasteiger partial charge in [-0.1, -0.05) is 0 Å². The van der Waals surface area contributed by atoms with Crippen molar-refractivity contribution in [2.24, 2.45) is 0 Å². The predicted octanol–water partition coefficient (Wildman–Crippen LogP) is 1.04. The molecule has 4 nitrogen and oxygen atoms in total. The van der Waals surface area contributed by atoms with Crippen LogP contribution in [0.1, 0.15) is 6.92 Å². The van der Waals surface area contributed by atoms with Crippen LogP contribution < -0.4 is 0 Å². The molecule has 1 unspecified atom stereocenters. The van der Waals surface area contributed by atoms with Crippen LogP contribution in [0.15, 0.2) is 12.3 Å². The normalized spacial score (nSPS) is 13.9. The van der Waals surface area contributed by atoms with E-state index in [1.165, 1.54) is 14.0 Å². The summed E-state index contributed by atoms with van der Waals surface area (Å²) in [5.41, 5.74) is 0. The second-order valence-electron chi connectivity index (χ2n) is 2.86. The zero-order valence-electron chi connectivity index (χ0n) is 8.08. The Hall–Kier alpha value is -1.53. The predicted molar refractivity (Wildman–Crippen MR) is 45.1 cm³/mol. The van der Waals surface area contributed by atoms with Crippen molar-refractivity contribution in [3.05, 3.63) is 12.3 Å². The summed E-state index contributed by atoms with van der Waals surface area (Å²) < 4.78 is 35.2. The smallest absolute Gasteiger partial charge is 0.454 e. The molecule has 0 saturated heterocycles. The van der Waals surface area contributed by atoms with Crippen LogP contribution in [0.3, 0.4) is 0 Å². The minimum absolute atomic E-state index is 0.291. The number of aliphatic carboxylic acids is 1. The summed E-state index contributed by atoms with van der Waals surface area (Å²) in [6.45, 7) is 1.28. The SMILES string of the molecule is CC(C(=O)O)N(C)/C=C/C(=O)C(F)(F)F. The number of carbonyl (C=O) groups is 2. The number of likely N-dealkylation sites (N-methyl/N-ethyl adjacent to an activating group) is 1. The molecular formula is C8H10F3NO3. The fourth-order valence-electron chi connectivity index (χ4n) is 0.583. The van der Waals surface area contributed by atoms with Gasteiger partial charge in [-0.2, -0.15) is 13.2 Å². The monoisotopic (exact) mass is 225 g/mol. The minimum Gasteiger partial charge on any atom is -0.480 e. The average Bonchev–Trinajstić information content (AvgIpc) is 2.10. The van der Waals surface area contributed by atoms with Gasteiger partial charge in [-0.05, 0) is 6.92 Å². The van der Waals surface area contributed by atoms with Crippen LogP contribution >= 0.6 is 0 Å². The largest absolute Gasteiger partial charge is 0.480 e. The number of nitrogens with zero attached hydrogens (tertiary/aromatic N) is 1. The number of hydrogen-bond donors (Lipinski definition) is 1. The molecule has 0 aliphatic heterocycles. The standard InChI is InChI=1S/C8H10F3NO3/c1-5(7(14)15)12(2)4-3-6(13)8(9,10)11/h3-5H,1-2H3,(H,14,15)/b4-3+. The van der Waals surface area contributed by atoms with E-state index < -0.39 is 24.0 Å². The van der Waals surface area contributed by atoms with Gasteiger partial charge in [-0.15, -0.1) is 0 Å². The summed E-state index contributed by atoms with van der Waals surface area (Å²) in [6.07, 6.45) is -3.85. The van der Waals surface area contributed by atoms with E-state index in [2.05, 4.69) is 0 Å². The summed E-state index contributed by atoms with van der Waals surface area (Å²) in [5.74, 6) is -3.21. The van der Waals surface area contributed by atoms with Gasteiger partial charge in [-0.25, -0.2) is 4.79 Å². The lowest BCUT2D eigenvalue weighted by Gasteiger charge is -2.18. The van der Waals surface area contributed by atoms with Gasteiger partial charge in [0, 0.05) is 19.3 Å². The number of carboxylic acid groups (broad SMARTS) is 1. The zero-order valence-corrected chi connectivity index (χ0v) is 8.08. The fraction of sp³-hybridized carbons (Fsp3) is 0.500. The molecule has 0 aromatic rings. The number of carboxylic acids is 1. The lowest BCUT2D eigenvalue weighted by atomic mass is 10.3. The van der Waals surface area contributed by atoms with E-state index in [0.29, 0.717) is 6.08 Å². The number of alkyl halides is 3. The summed E-state index contributed by atoms with van der Waals surface area (Å²) in [7, 11) is 1.26. The second-order valence-corrected chi connectivity index (χ2v) is 2.86. The summed E-state index contributed by atoms with van der Waals surface area (Å²) in [6, 6.07) is -0.998. The van der Waals surface area contributed by atoms with Crippen molar-refractivity contribution in [3.8, 4) is 0 Å². The molecule has 0 saturated carbocycles. The van der Waals surface area contributed by atoms with Crippen molar-refractivity contribution in [2.45, 2.75) is 19.1 Å². The third-order valence-corrected chi connectivity index (χ3v) is 1.71. The Labute approximate surface area is 84.0 Å². The molecule has 1 atom stereocenters. The zero-order chi connectivity index (χ0) is 12.2. The van der Waals surface area contributed by atoms with Crippen molar-refractivity contribution in [1.82, 2.24) is 4.90 Å². The molecule has 86 valence electrons. The van der Waals surface area contributed by atoms with Gasteiger partial charge in [0.05, 0.1) is 0 Å². The van der Waals surface area contributed by atoms with Crippen LogP contribution in [-0.4, -0.2) is 41.0 Å². The van der Waals surface area contributed by atoms with Gasteiger partial charge in [-0.3, -0.25) is 4.79 Å². The first-order valence-corrected chi connectivity index (χ1v) is 3.90. The topological polar surface area (TPSA) is 57.6 Å². The highest BCUT2D eigenvalue weighted by Crippen LogP contribution is 2.16. The van der Waals surface area contributed by atoms with Gasteiger partial charge in [0.2, 0.25) is 0 Å². The van der Waals surface area contributed by atoms with E-state index in [9.17, 15) is 22.8 Å². The molecule has 0 radical (unpaired) electrons. The van der Waals surface area contributed by atoms with E-state index in [1.807, 2.05) is 0 Å². The number of rotatable bonds is 4. The quantitative estimate of drug-likeness (QED) is 0.726. The molecular weight excluding hydrogens is 215 g/mol. The van der Waals surface area contributed by atoms with E-state index in [1.54, 1.807) is 0 Å². The van der Waals surface area contributed by atoms with E-state index in [4.69, 9.17) is 5.11 Å². The maximum Gasteiger partial charge on any atom is 0.454 e. The molecule has 0 bridgehead atoms. The second kappa shape index (κ2) is 4.81. The van der Waals surface area contributed by atoms with Crippen molar-refractivity contribution < 1.29 is 27.9 Å². The van der Waals surface area contributed by atoms with Crippen LogP contribution in [0, 0.1) is 0 Å². The van der Waals surface area contributed by atoms with Crippen LogP contribution in [0.5, 0.6) is 0 Å². The van der Waals surface area contributed by atoms with Gasteiger partial charge in [0.15, 0.2) is 0 Å². The Morgan fingerprint density at radius 1 is 1.40 bits per heavy atom. The summed E-state index contributed by atoms with van der Waals surface area (Å²) >= 11 is 0. The Balaban J connectivity index is 4.42. The number of ketones is 1. The van der Waals surface area contributed by atoms with Crippen molar-refractivity contribution in [1.29, 1.82) is 0 Å². The van der Waals surface area contributed by atoms with Crippen LogP contribution in [-0.2, 0) is 9.59 Å². The Bertz CT molecular complexity index is 285. The molecule has 0 aliphatic carbocycles. The van der Waals surface area contributed by atoms with Gasteiger partial charge >= 0.3 is 12.1 Å². The highest BCUT2D eigenvalue weighted by molar-refractivity contribution is 5.94. The fourth-order valence-corrected chi connectivity index (χ4v) is 0.583. The Morgan fingerprint density at radius 3 is 2.20 bits per heavy atom. The molecule has 0 aromatic heterocycles. The molecule has 0 spiro atoms. The summed E-state index contributed by atoms with van der Waals surface area (Å²) in [5, 5.41) is 8.49. The Kier molecular flexibility index (Phi) is 4.32. The van der Waals surface area contributed by atoms with Gasteiger partial charge < -0.3 is 10.0 Å². The van der Waals surface area contributed by atoms with Gasteiger partial charge in [0.1, 0.15) is 6.04 Å². The number of hydrogen-bond acceptors (Lipinski definition) is 3. The van der Waals surface area contributed by atoms with Crippen molar-refractivity contribution >= 4 is 11.8 Å². The van der Waals surface area contributed by atoms with Crippen LogP contribution in [0.2, 0.25) is 0 Å². The highest BCUT2D eigenvalue weighted by atomic mass is 19.4. The Morgan fingerprint density at radius 2 is 1.87 bits per heavy atom. The summed E-state index contributed by atoms with van der Waals surface area (Å²) in [4.78, 5) is 21.8. The van der Waals surface area contributed by atoms with E-state index >= 15 is 0 Å². The molecule has 0 amide bonds. The molecule has 0 aromatic carbocycles. The molecule has 7 heteroatoms. The first-order valence-electron chi connectivity index (χ1n) is 3.90. The van der Waals surface area contributed by atoms with Gasteiger partial charge in [0.25, 0.3) is 5.78 Å². The van der Waals surface area contributed by atoms with E-state index in [0.717, 1.165) is 11.1 Å². The molecule has 1 N–H and O–H groups in total. The molecule has 15 heavy (non-hydrogen) atoms. The molecule has 0 aliphatic rings. The third-order valence-electron chi connectivity index (χ3n) is 1.71. The minimum atomic E-state index is -4.93.